The maximum Gasteiger partial charge on any atom is 0.117 e. The fraction of sp³-hybridized carbons (Fsp3) is 0.455. The van der Waals surface area contributed by atoms with Crippen LogP contribution in [0.3, 0.4) is 0 Å². The molecule has 0 amide bonds. The molecule has 1 atom stereocenters. The molecule has 3 N–H and O–H groups in total. The summed E-state index contributed by atoms with van der Waals surface area (Å²) < 4.78 is 5.52. The number of nitrogens with two attached hydrogens (primary N) is 1. The molecule has 0 aliphatic carbocycles. The minimum absolute atomic E-state index is 0.221. The van der Waals surface area contributed by atoms with Gasteiger partial charge >= 0.3 is 0 Å². The molecule has 1 unspecified atom stereocenters. The predicted molar refractivity (Wildman–Crippen MR) is 55.2 cm³/mol. The quantitative estimate of drug-likeness (QED) is 0.703. The Balaban J connectivity index is 2.08. The van der Waals surface area contributed by atoms with Crippen molar-refractivity contribution in [3.63, 3.8) is 0 Å². The van der Waals surface area contributed by atoms with Gasteiger partial charge in [-0.2, -0.15) is 0 Å². The molecule has 0 aromatic heterocycles. The van der Waals surface area contributed by atoms with Crippen molar-refractivity contribution in [1.29, 1.82) is 0 Å². The molecule has 1 aromatic carbocycles. The molecule has 1 aliphatic heterocycles. The first-order valence-electron chi connectivity index (χ1n) is 4.94. The van der Waals surface area contributed by atoms with Gasteiger partial charge in [0, 0.05) is 24.8 Å². The lowest BCUT2D eigenvalue weighted by molar-refractivity contribution is 0.111. The smallest absolute Gasteiger partial charge is 0.117 e. The summed E-state index contributed by atoms with van der Waals surface area (Å²) in [5, 5.41) is 9.19. The Morgan fingerprint density at radius 2 is 2.36 bits per heavy atom. The van der Waals surface area contributed by atoms with Gasteiger partial charge in [-0.1, -0.05) is 6.07 Å². The highest BCUT2D eigenvalue weighted by atomic mass is 16.5. The molecule has 14 heavy (non-hydrogen) atoms. The number of anilines is 1. The van der Waals surface area contributed by atoms with Crippen LogP contribution in [0.5, 0.6) is 5.75 Å². The zero-order chi connectivity index (χ0) is 9.97. The molecule has 1 aliphatic rings. The number of rotatable bonds is 2. The standard InChI is InChI=1S/C11H15NO2/c12-11-7-9(13)4-3-8(11)6-10-2-1-5-14-10/h3-4,7,10,13H,1-2,5-6,12H2. The maximum atomic E-state index is 9.19. The Morgan fingerprint density at radius 1 is 1.50 bits per heavy atom. The number of phenols is 1. The minimum atomic E-state index is 0.221. The van der Waals surface area contributed by atoms with Crippen LogP contribution in [0.2, 0.25) is 0 Å². The lowest BCUT2D eigenvalue weighted by Crippen LogP contribution is -2.10. The minimum Gasteiger partial charge on any atom is -0.508 e. The van der Waals surface area contributed by atoms with Crippen LogP contribution in [0.15, 0.2) is 18.2 Å². The monoisotopic (exact) mass is 193 g/mol. The molecule has 0 spiro atoms. The second-order valence-electron chi connectivity index (χ2n) is 3.72. The van der Waals surface area contributed by atoms with Crippen molar-refractivity contribution in [2.75, 3.05) is 12.3 Å². The summed E-state index contributed by atoms with van der Waals surface area (Å²) in [4.78, 5) is 0. The summed E-state index contributed by atoms with van der Waals surface area (Å²) in [6, 6.07) is 5.12. The van der Waals surface area contributed by atoms with Crippen molar-refractivity contribution in [2.45, 2.75) is 25.4 Å². The van der Waals surface area contributed by atoms with Crippen LogP contribution in [0.25, 0.3) is 0 Å². The van der Waals surface area contributed by atoms with Crippen LogP contribution >= 0.6 is 0 Å². The highest BCUT2D eigenvalue weighted by molar-refractivity contribution is 5.51. The van der Waals surface area contributed by atoms with Gasteiger partial charge in [0.25, 0.3) is 0 Å². The van der Waals surface area contributed by atoms with Crippen molar-refractivity contribution in [2.24, 2.45) is 0 Å². The molecule has 0 bridgehead atoms. The van der Waals surface area contributed by atoms with E-state index in [-0.39, 0.29) is 5.75 Å². The number of ether oxygens (including phenoxy) is 1. The van der Waals surface area contributed by atoms with E-state index in [9.17, 15) is 5.11 Å². The summed E-state index contributed by atoms with van der Waals surface area (Å²) in [5.41, 5.74) is 7.50. The Kier molecular flexibility index (Phi) is 2.59. The van der Waals surface area contributed by atoms with E-state index in [2.05, 4.69) is 0 Å². The van der Waals surface area contributed by atoms with Crippen molar-refractivity contribution >= 4 is 5.69 Å². The SMILES string of the molecule is Nc1cc(O)ccc1CC1CCCO1. The van der Waals surface area contributed by atoms with Crippen LogP contribution in [-0.4, -0.2) is 17.8 Å². The van der Waals surface area contributed by atoms with E-state index < -0.39 is 0 Å². The van der Waals surface area contributed by atoms with E-state index >= 15 is 0 Å². The topological polar surface area (TPSA) is 55.5 Å². The first-order valence-corrected chi connectivity index (χ1v) is 4.94. The van der Waals surface area contributed by atoms with Crippen molar-refractivity contribution < 1.29 is 9.84 Å². The summed E-state index contributed by atoms with van der Waals surface area (Å²) in [5.74, 6) is 0.221. The second-order valence-corrected chi connectivity index (χ2v) is 3.72. The van der Waals surface area contributed by atoms with Gasteiger partial charge in [0.2, 0.25) is 0 Å². The van der Waals surface area contributed by atoms with E-state index in [1.807, 2.05) is 6.07 Å². The van der Waals surface area contributed by atoms with E-state index in [1.54, 1.807) is 12.1 Å². The van der Waals surface area contributed by atoms with Gasteiger partial charge < -0.3 is 15.6 Å². The summed E-state index contributed by atoms with van der Waals surface area (Å²) in [6.45, 7) is 0.864. The largest absolute Gasteiger partial charge is 0.508 e. The summed E-state index contributed by atoms with van der Waals surface area (Å²) in [6.07, 6.45) is 3.41. The number of hydrogen-bond acceptors (Lipinski definition) is 3. The Labute approximate surface area is 83.5 Å². The van der Waals surface area contributed by atoms with Crippen LogP contribution in [0.1, 0.15) is 18.4 Å². The molecule has 76 valence electrons. The van der Waals surface area contributed by atoms with Crippen LogP contribution in [0, 0.1) is 0 Å². The molecule has 0 radical (unpaired) electrons. The van der Waals surface area contributed by atoms with Gasteiger partial charge in [-0.25, -0.2) is 0 Å². The van der Waals surface area contributed by atoms with Gasteiger partial charge in [-0.15, -0.1) is 0 Å². The number of benzene rings is 1. The number of hydrogen-bond donors (Lipinski definition) is 2. The van der Waals surface area contributed by atoms with Gasteiger partial charge in [-0.05, 0) is 24.5 Å². The predicted octanol–water partition coefficient (Wildman–Crippen LogP) is 1.70. The average Bonchev–Trinajstić information content (AvgIpc) is 2.62. The van der Waals surface area contributed by atoms with E-state index in [0.29, 0.717) is 11.8 Å². The van der Waals surface area contributed by atoms with Crippen molar-refractivity contribution in [3.8, 4) is 5.75 Å². The third kappa shape index (κ3) is 1.99. The summed E-state index contributed by atoms with van der Waals surface area (Å²) >= 11 is 0. The maximum absolute atomic E-state index is 9.19. The third-order valence-electron chi connectivity index (χ3n) is 2.60. The number of aromatic hydroxyl groups is 1. The van der Waals surface area contributed by atoms with Gasteiger partial charge in [0.1, 0.15) is 5.75 Å². The first-order chi connectivity index (χ1) is 6.75. The molecule has 3 heteroatoms. The zero-order valence-electron chi connectivity index (χ0n) is 8.07. The molecular weight excluding hydrogens is 178 g/mol. The molecule has 2 rings (SSSR count). The highest BCUT2D eigenvalue weighted by Crippen LogP contribution is 2.23. The molecule has 1 aromatic rings. The molecular formula is C11H15NO2. The molecule has 0 saturated carbocycles. The lowest BCUT2D eigenvalue weighted by atomic mass is 10.0. The van der Waals surface area contributed by atoms with E-state index in [1.165, 1.54) is 0 Å². The number of nitrogen functional groups attached to an aromatic ring is 1. The van der Waals surface area contributed by atoms with Crippen LogP contribution in [0.4, 0.5) is 5.69 Å². The lowest BCUT2D eigenvalue weighted by Gasteiger charge is -2.11. The van der Waals surface area contributed by atoms with Gasteiger partial charge in [-0.3, -0.25) is 0 Å². The number of phenolic OH excluding ortho intramolecular Hbond substituents is 1. The molecule has 3 nitrogen and oxygen atoms in total. The van der Waals surface area contributed by atoms with Gasteiger partial charge in [0.15, 0.2) is 0 Å². The van der Waals surface area contributed by atoms with Crippen molar-refractivity contribution in [3.05, 3.63) is 23.8 Å². The normalized spacial score (nSPS) is 21.3. The Morgan fingerprint density at radius 3 is 3.00 bits per heavy atom. The fourth-order valence-electron chi connectivity index (χ4n) is 1.82. The van der Waals surface area contributed by atoms with Crippen molar-refractivity contribution in [1.82, 2.24) is 0 Å². The van der Waals surface area contributed by atoms with Crippen LogP contribution < -0.4 is 5.73 Å². The van der Waals surface area contributed by atoms with Gasteiger partial charge in [0.05, 0.1) is 6.10 Å². The fourth-order valence-corrected chi connectivity index (χ4v) is 1.82. The molecule has 1 heterocycles. The average molecular weight is 193 g/mol. The highest BCUT2D eigenvalue weighted by Gasteiger charge is 2.16. The summed E-state index contributed by atoms with van der Waals surface area (Å²) in [7, 11) is 0. The zero-order valence-corrected chi connectivity index (χ0v) is 8.07. The van der Waals surface area contributed by atoms with E-state index in [0.717, 1.165) is 31.4 Å². The molecule has 1 fully saturated rings. The Bertz CT molecular complexity index is 319. The third-order valence-corrected chi connectivity index (χ3v) is 2.60. The van der Waals surface area contributed by atoms with Crippen LogP contribution in [-0.2, 0) is 11.2 Å². The first kappa shape index (κ1) is 9.34. The van der Waals surface area contributed by atoms with E-state index in [4.69, 9.17) is 10.5 Å². The molecule has 1 saturated heterocycles. The Hall–Kier alpha value is -1.22. The second kappa shape index (κ2) is 3.88.